The van der Waals surface area contributed by atoms with Crippen molar-refractivity contribution in [3.63, 3.8) is 0 Å². The van der Waals surface area contributed by atoms with E-state index in [-0.39, 0.29) is 0 Å². The lowest BCUT2D eigenvalue weighted by Crippen LogP contribution is -2.31. The Morgan fingerprint density at radius 3 is 2.38 bits per heavy atom. The molecule has 2 N–H and O–H groups in total. The van der Waals surface area contributed by atoms with Crippen molar-refractivity contribution in [1.29, 1.82) is 0 Å². The Hall–Kier alpha value is -1.59. The summed E-state index contributed by atoms with van der Waals surface area (Å²) in [4.78, 5) is 0. The van der Waals surface area contributed by atoms with E-state index in [9.17, 15) is 10.0 Å². The summed E-state index contributed by atoms with van der Waals surface area (Å²) in [5.74, 6) is 0.527. The third-order valence-corrected chi connectivity index (χ3v) is 4.34. The Morgan fingerprint density at radius 1 is 1.10 bits per heavy atom. The van der Waals surface area contributed by atoms with Gasteiger partial charge in [-0.2, -0.15) is 5.10 Å². The van der Waals surface area contributed by atoms with E-state index in [1.807, 2.05) is 36.7 Å². The minimum Gasteiger partial charge on any atom is -0.423 e. The van der Waals surface area contributed by atoms with Crippen LogP contribution in [-0.2, 0) is 0 Å². The van der Waals surface area contributed by atoms with Gasteiger partial charge in [0.15, 0.2) is 0 Å². The first-order chi connectivity index (χ1) is 10.0. The fourth-order valence-electron chi connectivity index (χ4n) is 3.32. The summed E-state index contributed by atoms with van der Waals surface area (Å²) < 4.78 is 1.87. The van der Waals surface area contributed by atoms with Crippen LogP contribution >= 0.6 is 0 Å². The molecule has 1 aliphatic rings. The van der Waals surface area contributed by atoms with Gasteiger partial charge in [0.05, 0.1) is 11.4 Å². The normalized spacial score (nSPS) is 15.6. The maximum Gasteiger partial charge on any atom is 0.488 e. The van der Waals surface area contributed by atoms with Crippen LogP contribution in [0.2, 0.25) is 0 Å². The van der Waals surface area contributed by atoms with Gasteiger partial charge in [0.2, 0.25) is 0 Å². The number of hydrogen-bond acceptors (Lipinski definition) is 3. The van der Waals surface area contributed by atoms with Crippen molar-refractivity contribution in [3.8, 4) is 5.69 Å². The van der Waals surface area contributed by atoms with Gasteiger partial charge in [0.25, 0.3) is 0 Å². The summed E-state index contributed by atoms with van der Waals surface area (Å²) in [5, 5.41) is 23.6. The Balaban J connectivity index is 2.08. The molecule has 0 aliphatic heterocycles. The van der Waals surface area contributed by atoms with Crippen molar-refractivity contribution >= 4 is 12.6 Å². The predicted octanol–water partition coefficient (Wildman–Crippen LogP) is 1.83. The zero-order valence-corrected chi connectivity index (χ0v) is 12.6. The fourth-order valence-corrected chi connectivity index (χ4v) is 3.32. The van der Waals surface area contributed by atoms with Gasteiger partial charge in [0.1, 0.15) is 0 Å². The molecule has 0 unspecified atom stereocenters. The average molecular weight is 284 g/mol. The van der Waals surface area contributed by atoms with Gasteiger partial charge in [-0.15, -0.1) is 0 Å². The highest BCUT2D eigenvalue weighted by Crippen LogP contribution is 2.34. The molecule has 0 bridgehead atoms. The summed E-state index contributed by atoms with van der Waals surface area (Å²) in [6.45, 7) is 3.98. The van der Waals surface area contributed by atoms with E-state index in [1.165, 1.54) is 31.2 Å². The summed E-state index contributed by atoms with van der Waals surface area (Å²) in [5.41, 5.74) is 4.66. The molecule has 1 aromatic carbocycles. The molecule has 0 saturated heterocycles. The van der Waals surface area contributed by atoms with Crippen LogP contribution in [0.25, 0.3) is 5.69 Å². The van der Waals surface area contributed by atoms with Crippen LogP contribution < -0.4 is 5.46 Å². The molecular formula is C16H21BN2O2. The third-order valence-electron chi connectivity index (χ3n) is 4.34. The number of nitrogens with zero attached hydrogens (tertiary/aromatic N) is 2. The van der Waals surface area contributed by atoms with Crippen molar-refractivity contribution in [1.82, 2.24) is 9.78 Å². The third kappa shape index (κ3) is 2.89. The molecule has 0 spiro atoms. The van der Waals surface area contributed by atoms with Crippen molar-refractivity contribution in [2.24, 2.45) is 0 Å². The van der Waals surface area contributed by atoms with E-state index in [0.717, 1.165) is 17.1 Å². The number of rotatable bonds is 3. The van der Waals surface area contributed by atoms with Crippen LogP contribution in [-0.4, -0.2) is 26.9 Å². The summed E-state index contributed by atoms with van der Waals surface area (Å²) in [6.07, 6.45) is 4.88. The molecule has 2 aromatic rings. The minimum absolute atomic E-state index is 0.527. The Labute approximate surface area is 125 Å². The van der Waals surface area contributed by atoms with E-state index in [2.05, 4.69) is 11.2 Å². The summed E-state index contributed by atoms with van der Waals surface area (Å²) >= 11 is 0. The standard InChI is InChI=1S/C16H21BN2O2/c1-11-7-12(2)19(18-11)16-9-14(13-5-3-4-6-13)8-15(10-16)17(20)21/h7-10,13,20-21H,3-6H2,1-2H3. The van der Waals surface area contributed by atoms with Crippen LogP contribution in [0, 0.1) is 13.8 Å². The SMILES string of the molecule is Cc1cc(C)n(-c2cc(B(O)O)cc(C3CCCC3)c2)n1. The Kier molecular flexibility index (Phi) is 3.87. The van der Waals surface area contributed by atoms with Crippen LogP contribution in [0.15, 0.2) is 24.3 Å². The summed E-state index contributed by atoms with van der Waals surface area (Å²) in [7, 11) is -1.44. The summed E-state index contributed by atoms with van der Waals surface area (Å²) in [6, 6.07) is 7.90. The van der Waals surface area contributed by atoms with Gasteiger partial charge in [-0.25, -0.2) is 4.68 Å². The Morgan fingerprint density at radius 2 is 1.81 bits per heavy atom. The van der Waals surface area contributed by atoms with Gasteiger partial charge >= 0.3 is 7.12 Å². The van der Waals surface area contributed by atoms with Gasteiger partial charge < -0.3 is 10.0 Å². The average Bonchev–Trinajstić information content (AvgIpc) is 3.08. The van der Waals surface area contributed by atoms with Gasteiger partial charge in [-0.1, -0.05) is 18.9 Å². The van der Waals surface area contributed by atoms with Crippen molar-refractivity contribution in [2.75, 3.05) is 0 Å². The molecule has 1 aromatic heterocycles. The second-order valence-corrected chi connectivity index (χ2v) is 6.05. The van der Waals surface area contributed by atoms with Crippen LogP contribution in [0.1, 0.15) is 48.6 Å². The van der Waals surface area contributed by atoms with E-state index < -0.39 is 7.12 Å². The molecule has 1 saturated carbocycles. The molecule has 110 valence electrons. The Bertz CT molecular complexity index is 646. The maximum atomic E-state index is 9.56. The molecule has 1 heterocycles. The number of aromatic nitrogens is 2. The topological polar surface area (TPSA) is 58.3 Å². The smallest absolute Gasteiger partial charge is 0.423 e. The minimum atomic E-state index is -1.44. The molecule has 4 nitrogen and oxygen atoms in total. The first-order valence-corrected chi connectivity index (χ1v) is 7.59. The molecule has 1 aliphatic carbocycles. The van der Waals surface area contributed by atoms with E-state index >= 15 is 0 Å². The molecule has 0 atom stereocenters. The zero-order chi connectivity index (χ0) is 15.0. The highest BCUT2D eigenvalue weighted by molar-refractivity contribution is 6.58. The number of aryl methyl sites for hydroxylation is 2. The first-order valence-electron chi connectivity index (χ1n) is 7.59. The molecular weight excluding hydrogens is 263 g/mol. The highest BCUT2D eigenvalue weighted by atomic mass is 16.4. The van der Waals surface area contributed by atoms with Gasteiger partial charge in [0, 0.05) is 5.69 Å². The van der Waals surface area contributed by atoms with Crippen LogP contribution in [0.5, 0.6) is 0 Å². The van der Waals surface area contributed by atoms with Crippen molar-refractivity contribution in [2.45, 2.75) is 45.4 Å². The molecule has 0 radical (unpaired) electrons. The largest absolute Gasteiger partial charge is 0.488 e. The van der Waals surface area contributed by atoms with Crippen molar-refractivity contribution in [3.05, 3.63) is 41.2 Å². The lowest BCUT2D eigenvalue weighted by Gasteiger charge is -2.15. The van der Waals surface area contributed by atoms with E-state index in [1.54, 1.807) is 0 Å². The predicted molar refractivity (Wildman–Crippen MR) is 84.1 cm³/mol. The quantitative estimate of drug-likeness (QED) is 0.845. The van der Waals surface area contributed by atoms with Gasteiger partial charge in [-0.3, -0.25) is 0 Å². The molecule has 1 fully saturated rings. The van der Waals surface area contributed by atoms with Crippen LogP contribution in [0.3, 0.4) is 0 Å². The zero-order valence-electron chi connectivity index (χ0n) is 12.6. The molecule has 21 heavy (non-hydrogen) atoms. The number of hydrogen-bond donors (Lipinski definition) is 2. The highest BCUT2D eigenvalue weighted by Gasteiger charge is 2.21. The molecule has 5 heteroatoms. The monoisotopic (exact) mass is 284 g/mol. The van der Waals surface area contributed by atoms with Crippen LogP contribution in [0.4, 0.5) is 0 Å². The van der Waals surface area contributed by atoms with Crippen molar-refractivity contribution < 1.29 is 10.0 Å². The molecule has 3 rings (SSSR count). The fraction of sp³-hybridized carbons (Fsp3) is 0.438. The second kappa shape index (κ2) is 5.66. The first kappa shape index (κ1) is 14.4. The lowest BCUT2D eigenvalue weighted by atomic mass is 9.78. The van der Waals surface area contributed by atoms with E-state index in [4.69, 9.17) is 0 Å². The number of benzene rings is 1. The molecule has 0 amide bonds. The second-order valence-electron chi connectivity index (χ2n) is 6.05. The van der Waals surface area contributed by atoms with Gasteiger partial charge in [-0.05, 0) is 61.8 Å². The van der Waals surface area contributed by atoms with E-state index in [0.29, 0.717) is 11.4 Å². The maximum absolute atomic E-state index is 9.56. The lowest BCUT2D eigenvalue weighted by molar-refractivity contribution is 0.425.